The summed E-state index contributed by atoms with van der Waals surface area (Å²) in [6.45, 7) is 5.40. The highest BCUT2D eigenvalue weighted by Gasteiger charge is 2.35. The van der Waals surface area contributed by atoms with Crippen LogP contribution in [0.15, 0.2) is 30.3 Å². The first kappa shape index (κ1) is 10.2. The molecule has 0 aromatic heterocycles. The van der Waals surface area contributed by atoms with E-state index in [0.717, 1.165) is 12.2 Å². The molecule has 3 heteroatoms. The van der Waals surface area contributed by atoms with Crippen LogP contribution in [0, 0.1) is 0 Å². The first-order valence-corrected chi connectivity index (χ1v) is 5.20. The van der Waals surface area contributed by atoms with Crippen molar-refractivity contribution in [2.24, 2.45) is 0 Å². The van der Waals surface area contributed by atoms with E-state index in [2.05, 4.69) is 19.2 Å². The molecular weight excluding hydrogens is 188 g/mol. The van der Waals surface area contributed by atoms with Crippen LogP contribution in [0.5, 0.6) is 0 Å². The van der Waals surface area contributed by atoms with E-state index < -0.39 is 0 Å². The summed E-state index contributed by atoms with van der Waals surface area (Å²) in [5, 5.41) is 3.13. The van der Waals surface area contributed by atoms with E-state index in [1.54, 1.807) is 0 Å². The number of carbonyl (C=O) groups excluding carboxylic acids is 1. The second-order valence-electron chi connectivity index (χ2n) is 4.48. The predicted molar refractivity (Wildman–Crippen MR) is 60.9 cm³/mol. The largest absolute Gasteiger partial charge is 0.306 e. The van der Waals surface area contributed by atoms with Gasteiger partial charge < -0.3 is 10.2 Å². The Bertz CT molecular complexity index is 359. The summed E-state index contributed by atoms with van der Waals surface area (Å²) in [5.41, 5.74) is 0.824. The molecule has 0 atom stereocenters. The Morgan fingerprint density at radius 2 is 1.93 bits per heavy atom. The van der Waals surface area contributed by atoms with Crippen LogP contribution in [0.4, 0.5) is 5.69 Å². The van der Waals surface area contributed by atoms with Gasteiger partial charge in [-0.3, -0.25) is 4.79 Å². The third-order valence-electron chi connectivity index (χ3n) is 2.70. The minimum absolute atomic E-state index is 0.137. The first-order valence-electron chi connectivity index (χ1n) is 5.20. The highest BCUT2D eigenvalue weighted by Crippen LogP contribution is 2.25. The van der Waals surface area contributed by atoms with Crippen molar-refractivity contribution >= 4 is 11.6 Å². The van der Waals surface area contributed by atoms with Gasteiger partial charge in [-0.2, -0.15) is 0 Å². The van der Waals surface area contributed by atoms with Gasteiger partial charge in [0.2, 0.25) is 5.91 Å². The summed E-state index contributed by atoms with van der Waals surface area (Å²) < 4.78 is 0. The van der Waals surface area contributed by atoms with Crippen LogP contribution < -0.4 is 10.2 Å². The number of hydrogen-bond donors (Lipinski definition) is 1. The van der Waals surface area contributed by atoms with E-state index >= 15 is 0 Å². The van der Waals surface area contributed by atoms with Crippen molar-refractivity contribution in [2.45, 2.75) is 19.4 Å². The first-order chi connectivity index (χ1) is 7.11. The molecule has 0 aliphatic carbocycles. The van der Waals surface area contributed by atoms with Gasteiger partial charge in [0.15, 0.2) is 0 Å². The second-order valence-corrected chi connectivity index (χ2v) is 4.48. The monoisotopic (exact) mass is 204 g/mol. The number of nitrogens with one attached hydrogen (secondary N) is 1. The molecule has 1 saturated heterocycles. The lowest BCUT2D eigenvalue weighted by molar-refractivity contribution is -0.120. The molecule has 1 fully saturated rings. The van der Waals surface area contributed by atoms with E-state index in [-0.39, 0.29) is 11.4 Å². The van der Waals surface area contributed by atoms with Gasteiger partial charge in [0.05, 0.1) is 12.1 Å². The van der Waals surface area contributed by atoms with Gasteiger partial charge in [-0.05, 0) is 26.0 Å². The number of para-hydroxylation sites is 1. The van der Waals surface area contributed by atoms with E-state index in [4.69, 9.17) is 0 Å². The smallest absolute Gasteiger partial charge is 0.241 e. The number of carbonyl (C=O) groups is 1. The molecule has 1 aliphatic rings. The fourth-order valence-corrected chi connectivity index (χ4v) is 2.04. The van der Waals surface area contributed by atoms with Crippen LogP contribution in [0.25, 0.3) is 0 Å². The molecular formula is C12H16N2O. The van der Waals surface area contributed by atoms with Crippen molar-refractivity contribution < 1.29 is 4.79 Å². The summed E-state index contributed by atoms with van der Waals surface area (Å²) >= 11 is 0. The lowest BCUT2D eigenvalue weighted by Gasteiger charge is -2.42. The molecule has 0 spiro atoms. The van der Waals surface area contributed by atoms with Gasteiger partial charge >= 0.3 is 0 Å². The normalized spacial score (nSPS) is 20.4. The number of hydrogen-bond acceptors (Lipinski definition) is 2. The van der Waals surface area contributed by atoms with Gasteiger partial charge in [-0.15, -0.1) is 0 Å². The quantitative estimate of drug-likeness (QED) is 0.750. The van der Waals surface area contributed by atoms with Crippen LogP contribution >= 0.6 is 0 Å². The zero-order valence-corrected chi connectivity index (χ0v) is 9.16. The van der Waals surface area contributed by atoms with Crippen LogP contribution in [-0.2, 0) is 4.79 Å². The van der Waals surface area contributed by atoms with E-state index in [9.17, 15) is 4.79 Å². The summed E-state index contributed by atoms with van der Waals surface area (Å²) in [6, 6.07) is 9.83. The molecule has 80 valence electrons. The number of amides is 1. The maximum Gasteiger partial charge on any atom is 0.241 e. The Kier molecular flexibility index (Phi) is 2.49. The minimum Gasteiger partial charge on any atom is -0.306 e. The zero-order valence-electron chi connectivity index (χ0n) is 9.16. The molecule has 2 rings (SSSR count). The molecule has 0 unspecified atom stereocenters. The lowest BCUT2D eigenvalue weighted by Crippen LogP contribution is -2.61. The molecule has 0 saturated carbocycles. The maximum atomic E-state index is 11.9. The molecule has 0 radical (unpaired) electrons. The molecule has 3 nitrogen and oxygen atoms in total. The van der Waals surface area contributed by atoms with Crippen molar-refractivity contribution in [1.82, 2.24) is 5.32 Å². The van der Waals surface area contributed by atoms with Crippen molar-refractivity contribution in [3.63, 3.8) is 0 Å². The number of rotatable bonds is 1. The van der Waals surface area contributed by atoms with Gasteiger partial charge in [0, 0.05) is 12.2 Å². The number of anilines is 1. The summed E-state index contributed by atoms with van der Waals surface area (Å²) in [4.78, 5) is 13.8. The molecule has 1 aromatic carbocycles. The van der Waals surface area contributed by atoms with Gasteiger partial charge in [0.25, 0.3) is 0 Å². The molecule has 1 aromatic rings. The van der Waals surface area contributed by atoms with E-state index in [0.29, 0.717) is 6.54 Å². The van der Waals surface area contributed by atoms with Crippen molar-refractivity contribution in [2.75, 3.05) is 18.0 Å². The fourth-order valence-electron chi connectivity index (χ4n) is 2.04. The summed E-state index contributed by atoms with van der Waals surface area (Å²) in [7, 11) is 0. The molecule has 1 heterocycles. The van der Waals surface area contributed by atoms with Crippen LogP contribution in [0.1, 0.15) is 13.8 Å². The SMILES string of the molecule is CC1(C)CNCC(=O)N1c1ccccc1. The van der Waals surface area contributed by atoms with Gasteiger partial charge in [0.1, 0.15) is 0 Å². The van der Waals surface area contributed by atoms with Crippen LogP contribution in [-0.4, -0.2) is 24.5 Å². The third kappa shape index (κ3) is 1.88. The average Bonchev–Trinajstić information content (AvgIpc) is 2.17. The highest BCUT2D eigenvalue weighted by molar-refractivity contribution is 5.97. The lowest BCUT2D eigenvalue weighted by atomic mass is 9.99. The summed E-state index contributed by atoms with van der Waals surface area (Å²) in [6.07, 6.45) is 0. The Morgan fingerprint density at radius 1 is 1.27 bits per heavy atom. The Balaban J connectivity index is 2.36. The average molecular weight is 204 g/mol. The van der Waals surface area contributed by atoms with Crippen molar-refractivity contribution in [3.8, 4) is 0 Å². The fraction of sp³-hybridized carbons (Fsp3) is 0.417. The minimum atomic E-state index is -0.156. The predicted octanol–water partition coefficient (Wildman–Crippen LogP) is 1.40. The maximum absolute atomic E-state index is 11.9. The molecule has 1 N–H and O–H groups in total. The van der Waals surface area contributed by atoms with Crippen LogP contribution in [0.3, 0.4) is 0 Å². The topological polar surface area (TPSA) is 32.3 Å². The van der Waals surface area contributed by atoms with Crippen LogP contribution in [0.2, 0.25) is 0 Å². The number of benzene rings is 1. The third-order valence-corrected chi connectivity index (χ3v) is 2.70. The molecule has 0 bridgehead atoms. The second kappa shape index (κ2) is 3.66. The Labute approximate surface area is 90.1 Å². The Morgan fingerprint density at radius 3 is 2.53 bits per heavy atom. The van der Waals surface area contributed by atoms with Crippen molar-refractivity contribution in [1.29, 1.82) is 0 Å². The standard InChI is InChI=1S/C12H16N2O/c1-12(2)9-13-8-11(15)14(12)10-6-4-3-5-7-10/h3-7,13H,8-9H2,1-2H3. The number of nitrogens with zero attached hydrogens (tertiary/aromatic N) is 1. The number of piperazine rings is 1. The van der Waals surface area contributed by atoms with Gasteiger partial charge in [-0.1, -0.05) is 18.2 Å². The van der Waals surface area contributed by atoms with E-state index in [1.165, 1.54) is 0 Å². The Hall–Kier alpha value is -1.35. The zero-order chi connectivity index (χ0) is 10.9. The van der Waals surface area contributed by atoms with Gasteiger partial charge in [-0.25, -0.2) is 0 Å². The van der Waals surface area contributed by atoms with Crippen molar-refractivity contribution in [3.05, 3.63) is 30.3 Å². The van der Waals surface area contributed by atoms with E-state index in [1.807, 2.05) is 35.2 Å². The highest BCUT2D eigenvalue weighted by atomic mass is 16.2. The molecule has 1 amide bonds. The summed E-state index contributed by atoms with van der Waals surface area (Å²) in [5.74, 6) is 0.137. The molecule has 15 heavy (non-hydrogen) atoms. The molecule has 1 aliphatic heterocycles.